The average molecular weight is 309 g/mol. The summed E-state index contributed by atoms with van der Waals surface area (Å²) < 4.78 is 0. The molecule has 0 aliphatic carbocycles. The van der Waals surface area contributed by atoms with Gasteiger partial charge in [-0.15, -0.1) is 11.6 Å². The lowest BCUT2D eigenvalue weighted by molar-refractivity contribution is -0.117. The second-order valence-corrected chi connectivity index (χ2v) is 5.56. The van der Waals surface area contributed by atoms with Crippen LogP contribution in [-0.4, -0.2) is 42.2 Å². The van der Waals surface area contributed by atoms with Crippen molar-refractivity contribution in [3.63, 3.8) is 0 Å². The largest absolute Gasteiger partial charge is 0.339 e. The van der Waals surface area contributed by atoms with Crippen LogP contribution in [0.2, 0.25) is 0 Å². The van der Waals surface area contributed by atoms with Gasteiger partial charge in [0.2, 0.25) is 5.91 Å². The SMILES string of the molecule is CCN(CC)C(=O)c1ccc(N2CC(CCl)CC2=O)cc1. The van der Waals surface area contributed by atoms with Crippen LogP contribution in [0.25, 0.3) is 0 Å². The number of halogens is 1. The first-order chi connectivity index (χ1) is 10.1. The van der Waals surface area contributed by atoms with Crippen molar-refractivity contribution in [2.24, 2.45) is 5.92 Å². The zero-order valence-corrected chi connectivity index (χ0v) is 13.3. The summed E-state index contributed by atoms with van der Waals surface area (Å²) in [6.45, 7) is 5.97. The minimum absolute atomic E-state index is 0.0259. The molecule has 1 unspecified atom stereocenters. The first-order valence-corrected chi connectivity index (χ1v) is 7.89. The van der Waals surface area contributed by atoms with Crippen LogP contribution in [0.4, 0.5) is 5.69 Å². The van der Waals surface area contributed by atoms with Crippen LogP contribution in [0.3, 0.4) is 0 Å². The third-order valence-electron chi connectivity index (χ3n) is 3.90. The predicted molar refractivity (Wildman–Crippen MR) is 84.9 cm³/mol. The lowest BCUT2D eigenvalue weighted by Crippen LogP contribution is -2.30. The first kappa shape index (κ1) is 15.8. The van der Waals surface area contributed by atoms with Gasteiger partial charge >= 0.3 is 0 Å². The number of hydrogen-bond donors (Lipinski definition) is 0. The van der Waals surface area contributed by atoms with Gasteiger partial charge in [-0.3, -0.25) is 9.59 Å². The fraction of sp³-hybridized carbons (Fsp3) is 0.500. The molecule has 1 saturated heterocycles. The number of carbonyl (C=O) groups excluding carboxylic acids is 2. The molecular formula is C16H21ClN2O2. The molecule has 0 saturated carbocycles. The van der Waals surface area contributed by atoms with Gasteiger partial charge in [-0.1, -0.05) is 0 Å². The van der Waals surface area contributed by atoms with Crippen LogP contribution in [-0.2, 0) is 4.79 Å². The molecule has 0 spiro atoms. The standard InChI is InChI=1S/C16H21ClN2O2/c1-3-18(4-2)16(21)13-5-7-14(8-6-13)19-11-12(10-17)9-15(19)20/h5-8,12H,3-4,9-11H2,1-2H3. The number of benzene rings is 1. The summed E-state index contributed by atoms with van der Waals surface area (Å²) in [5.41, 5.74) is 1.49. The summed E-state index contributed by atoms with van der Waals surface area (Å²) in [5, 5.41) is 0. The number of hydrogen-bond acceptors (Lipinski definition) is 2. The Morgan fingerprint density at radius 1 is 1.29 bits per heavy atom. The highest BCUT2D eigenvalue weighted by molar-refractivity contribution is 6.18. The molecule has 0 N–H and O–H groups in total. The summed E-state index contributed by atoms with van der Waals surface area (Å²) in [6, 6.07) is 7.26. The minimum Gasteiger partial charge on any atom is -0.339 e. The maximum atomic E-state index is 12.2. The average Bonchev–Trinajstić information content (AvgIpc) is 2.89. The van der Waals surface area contributed by atoms with E-state index in [9.17, 15) is 9.59 Å². The molecule has 2 amide bonds. The van der Waals surface area contributed by atoms with Crippen molar-refractivity contribution < 1.29 is 9.59 Å². The van der Waals surface area contributed by atoms with Gasteiger partial charge in [0.1, 0.15) is 0 Å². The van der Waals surface area contributed by atoms with E-state index in [-0.39, 0.29) is 17.7 Å². The molecule has 1 aromatic carbocycles. The number of amides is 2. The Morgan fingerprint density at radius 2 is 1.90 bits per heavy atom. The summed E-state index contributed by atoms with van der Waals surface area (Å²) in [5.74, 6) is 0.846. The van der Waals surface area contributed by atoms with Crippen LogP contribution in [0.1, 0.15) is 30.6 Å². The van der Waals surface area contributed by atoms with Crippen LogP contribution >= 0.6 is 11.6 Å². The Morgan fingerprint density at radius 3 is 2.38 bits per heavy atom. The zero-order chi connectivity index (χ0) is 15.4. The van der Waals surface area contributed by atoms with Crippen molar-refractivity contribution in [2.75, 3.05) is 30.4 Å². The van der Waals surface area contributed by atoms with Crippen molar-refractivity contribution in [3.05, 3.63) is 29.8 Å². The molecule has 2 rings (SSSR count). The van der Waals surface area contributed by atoms with Crippen molar-refractivity contribution in [3.8, 4) is 0 Å². The highest BCUT2D eigenvalue weighted by Gasteiger charge is 2.29. The first-order valence-electron chi connectivity index (χ1n) is 7.36. The smallest absolute Gasteiger partial charge is 0.253 e. The second kappa shape index (κ2) is 6.94. The number of anilines is 1. The number of nitrogens with zero attached hydrogens (tertiary/aromatic N) is 2. The van der Waals surface area contributed by atoms with Gasteiger partial charge in [0.25, 0.3) is 5.91 Å². The van der Waals surface area contributed by atoms with Crippen molar-refractivity contribution in [2.45, 2.75) is 20.3 Å². The van der Waals surface area contributed by atoms with Crippen LogP contribution in [0.15, 0.2) is 24.3 Å². The van der Waals surface area contributed by atoms with Gasteiger partial charge in [-0.2, -0.15) is 0 Å². The fourth-order valence-corrected chi connectivity index (χ4v) is 2.82. The van der Waals surface area contributed by atoms with Crippen LogP contribution in [0, 0.1) is 5.92 Å². The monoisotopic (exact) mass is 308 g/mol. The lowest BCUT2D eigenvalue weighted by atomic mass is 10.1. The summed E-state index contributed by atoms with van der Waals surface area (Å²) in [4.78, 5) is 27.7. The molecule has 1 aromatic rings. The molecular weight excluding hydrogens is 288 g/mol. The van der Waals surface area contributed by atoms with Gasteiger partial charge < -0.3 is 9.80 Å². The maximum absolute atomic E-state index is 12.2. The van der Waals surface area contributed by atoms with E-state index in [1.54, 1.807) is 21.9 Å². The van der Waals surface area contributed by atoms with Crippen molar-refractivity contribution in [1.29, 1.82) is 0 Å². The summed E-state index contributed by atoms with van der Waals surface area (Å²) in [6.07, 6.45) is 0.504. The molecule has 1 aliphatic heterocycles. The number of rotatable bonds is 5. The van der Waals surface area contributed by atoms with Crippen molar-refractivity contribution >= 4 is 29.1 Å². The normalized spacial score (nSPS) is 18.1. The third-order valence-corrected chi connectivity index (χ3v) is 4.34. The molecule has 1 aliphatic rings. The second-order valence-electron chi connectivity index (χ2n) is 5.25. The predicted octanol–water partition coefficient (Wildman–Crippen LogP) is 2.76. The molecule has 114 valence electrons. The Hall–Kier alpha value is -1.55. The van der Waals surface area contributed by atoms with E-state index < -0.39 is 0 Å². The van der Waals surface area contributed by atoms with E-state index in [1.807, 2.05) is 26.0 Å². The Labute approximate surface area is 130 Å². The Kier molecular flexibility index (Phi) is 5.23. The lowest BCUT2D eigenvalue weighted by Gasteiger charge is -2.20. The number of alkyl halides is 1. The third kappa shape index (κ3) is 3.38. The van der Waals surface area contributed by atoms with E-state index in [0.29, 0.717) is 37.5 Å². The molecule has 1 fully saturated rings. The Balaban J connectivity index is 2.12. The van der Waals surface area contributed by atoms with Gasteiger partial charge in [0.05, 0.1) is 0 Å². The van der Waals surface area contributed by atoms with E-state index in [2.05, 4.69) is 0 Å². The van der Waals surface area contributed by atoms with E-state index in [4.69, 9.17) is 11.6 Å². The molecule has 0 radical (unpaired) electrons. The fourth-order valence-electron chi connectivity index (χ4n) is 2.61. The maximum Gasteiger partial charge on any atom is 0.253 e. The molecule has 0 aromatic heterocycles. The summed E-state index contributed by atoms with van der Waals surface area (Å²) >= 11 is 5.83. The van der Waals surface area contributed by atoms with Gasteiger partial charge in [0, 0.05) is 43.2 Å². The zero-order valence-electron chi connectivity index (χ0n) is 12.5. The van der Waals surface area contributed by atoms with Crippen LogP contribution in [0.5, 0.6) is 0 Å². The molecule has 0 bridgehead atoms. The van der Waals surface area contributed by atoms with Crippen LogP contribution < -0.4 is 4.90 Å². The Bertz CT molecular complexity index is 512. The van der Waals surface area contributed by atoms with E-state index in [1.165, 1.54) is 0 Å². The highest BCUT2D eigenvalue weighted by Crippen LogP contribution is 2.26. The molecule has 1 heterocycles. The van der Waals surface area contributed by atoms with E-state index in [0.717, 1.165) is 5.69 Å². The molecule has 1 atom stereocenters. The molecule has 4 nitrogen and oxygen atoms in total. The van der Waals surface area contributed by atoms with Gasteiger partial charge in [-0.25, -0.2) is 0 Å². The topological polar surface area (TPSA) is 40.6 Å². The summed E-state index contributed by atoms with van der Waals surface area (Å²) in [7, 11) is 0. The molecule has 5 heteroatoms. The number of carbonyl (C=O) groups is 2. The van der Waals surface area contributed by atoms with Crippen molar-refractivity contribution in [1.82, 2.24) is 4.90 Å². The minimum atomic E-state index is 0.0259. The van der Waals surface area contributed by atoms with Gasteiger partial charge in [-0.05, 0) is 44.0 Å². The van der Waals surface area contributed by atoms with Gasteiger partial charge in [0.15, 0.2) is 0 Å². The van der Waals surface area contributed by atoms with E-state index >= 15 is 0 Å². The highest BCUT2D eigenvalue weighted by atomic mass is 35.5. The quantitative estimate of drug-likeness (QED) is 0.785. The molecule has 21 heavy (non-hydrogen) atoms.